The summed E-state index contributed by atoms with van der Waals surface area (Å²) in [6, 6.07) is 5.92. The summed E-state index contributed by atoms with van der Waals surface area (Å²) in [5, 5.41) is 8.75. The summed E-state index contributed by atoms with van der Waals surface area (Å²) in [6.07, 6.45) is 0. The Morgan fingerprint density at radius 1 is 0.958 bits per heavy atom. The molecule has 0 aliphatic rings. The molecule has 0 aliphatic carbocycles. The van der Waals surface area contributed by atoms with Crippen LogP contribution in [0.3, 0.4) is 0 Å². The van der Waals surface area contributed by atoms with Crippen molar-refractivity contribution < 1.29 is 9.47 Å². The molecule has 2 heterocycles. The minimum atomic E-state index is 0.412. The van der Waals surface area contributed by atoms with Crippen molar-refractivity contribution >= 4 is 0 Å². The molecule has 6 nitrogen and oxygen atoms in total. The largest absolute Gasteiger partial charge is 0.481 e. The number of nitrogens with zero attached hydrogens (tertiary/aromatic N) is 3. The first kappa shape index (κ1) is 19.4. The van der Waals surface area contributed by atoms with E-state index in [1.54, 1.807) is 7.11 Å². The van der Waals surface area contributed by atoms with Gasteiger partial charge in [0.1, 0.15) is 11.6 Å². The molecule has 0 aromatic carbocycles. The first-order chi connectivity index (χ1) is 11.4. The van der Waals surface area contributed by atoms with E-state index in [4.69, 9.17) is 20.5 Å². The van der Waals surface area contributed by atoms with E-state index in [9.17, 15) is 0 Å². The monoisotopic (exact) mass is 328 g/mol. The molecule has 0 amide bonds. The van der Waals surface area contributed by atoms with Crippen LogP contribution in [0.4, 0.5) is 0 Å². The van der Waals surface area contributed by atoms with Gasteiger partial charge in [0.05, 0.1) is 14.2 Å². The first-order valence-corrected chi connectivity index (χ1v) is 7.51. The van der Waals surface area contributed by atoms with Crippen LogP contribution in [0.2, 0.25) is 0 Å². The number of nitriles is 1. The molecular formula is C18H24N4O2. The summed E-state index contributed by atoms with van der Waals surface area (Å²) >= 11 is 0. The number of aromatic nitrogens is 2. The number of hydrogen-bond acceptors (Lipinski definition) is 6. The quantitative estimate of drug-likeness (QED) is 0.931. The fraction of sp³-hybridized carbons (Fsp3) is 0.389. The predicted molar refractivity (Wildman–Crippen MR) is 93.1 cm³/mol. The Balaban J connectivity index is 0.000000240. The average molecular weight is 328 g/mol. The second kappa shape index (κ2) is 8.85. The lowest BCUT2D eigenvalue weighted by molar-refractivity contribution is 0.391. The van der Waals surface area contributed by atoms with Crippen LogP contribution < -0.4 is 15.2 Å². The molecule has 128 valence electrons. The lowest BCUT2D eigenvalue weighted by atomic mass is 10.1. The maximum Gasteiger partial charge on any atom is 0.231 e. The maximum atomic E-state index is 8.75. The molecule has 6 heteroatoms. The Morgan fingerprint density at radius 3 is 1.92 bits per heavy atom. The third-order valence-corrected chi connectivity index (χ3v) is 3.45. The number of aryl methyl sites for hydroxylation is 4. The van der Waals surface area contributed by atoms with Gasteiger partial charge in [0.25, 0.3) is 0 Å². The normalized spacial score (nSPS) is 9.58. The summed E-state index contributed by atoms with van der Waals surface area (Å²) < 4.78 is 10.1. The van der Waals surface area contributed by atoms with Crippen LogP contribution in [-0.2, 0) is 6.54 Å². The molecule has 0 atom stereocenters. The van der Waals surface area contributed by atoms with Gasteiger partial charge >= 0.3 is 0 Å². The van der Waals surface area contributed by atoms with Gasteiger partial charge in [-0.2, -0.15) is 5.26 Å². The van der Waals surface area contributed by atoms with E-state index in [-0.39, 0.29) is 0 Å². The van der Waals surface area contributed by atoms with Crippen LogP contribution in [0.15, 0.2) is 12.1 Å². The average Bonchev–Trinajstić information content (AvgIpc) is 2.54. The van der Waals surface area contributed by atoms with Crippen LogP contribution in [0.5, 0.6) is 11.8 Å². The van der Waals surface area contributed by atoms with E-state index in [1.165, 1.54) is 7.11 Å². The minimum Gasteiger partial charge on any atom is -0.481 e. The molecule has 0 unspecified atom stereocenters. The van der Waals surface area contributed by atoms with Gasteiger partial charge in [-0.3, -0.25) is 0 Å². The van der Waals surface area contributed by atoms with Crippen LogP contribution in [0.25, 0.3) is 0 Å². The van der Waals surface area contributed by atoms with E-state index >= 15 is 0 Å². The molecular weight excluding hydrogens is 304 g/mol. The van der Waals surface area contributed by atoms with E-state index < -0.39 is 0 Å². The highest BCUT2D eigenvalue weighted by atomic mass is 16.5. The summed E-state index contributed by atoms with van der Waals surface area (Å²) in [4.78, 5) is 8.30. The zero-order chi connectivity index (χ0) is 18.3. The molecule has 0 radical (unpaired) electrons. The van der Waals surface area contributed by atoms with Gasteiger partial charge in [-0.1, -0.05) is 0 Å². The van der Waals surface area contributed by atoms with Crippen LogP contribution >= 0.6 is 0 Å². The molecule has 2 rings (SSSR count). The van der Waals surface area contributed by atoms with Crippen molar-refractivity contribution in [2.24, 2.45) is 5.73 Å². The van der Waals surface area contributed by atoms with Gasteiger partial charge in [0.2, 0.25) is 11.8 Å². The second-order valence-electron chi connectivity index (χ2n) is 5.35. The van der Waals surface area contributed by atoms with Gasteiger partial charge in [-0.15, -0.1) is 0 Å². The Hall–Kier alpha value is -2.65. The van der Waals surface area contributed by atoms with Crippen LogP contribution in [0.1, 0.15) is 33.6 Å². The van der Waals surface area contributed by atoms with Crippen molar-refractivity contribution in [2.75, 3.05) is 14.2 Å². The van der Waals surface area contributed by atoms with Crippen LogP contribution in [-0.4, -0.2) is 24.2 Å². The van der Waals surface area contributed by atoms with E-state index in [2.05, 4.69) is 16.0 Å². The third kappa shape index (κ3) is 4.67. The van der Waals surface area contributed by atoms with Gasteiger partial charge in [0.15, 0.2) is 0 Å². The van der Waals surface area contributed by atoms with Crippen molar-refractivity contribution in [3.63, 3.8) is 0 Å². The fourth-order valence-corrected chi connectivity index (χ4v) is 2.33. The predicted octanol–water partition coefficient (Wildman–Crippen LogP) is 2.74. The summed E-state index contributed by atoms with van der Waals surface area (Å²) in [5.41, 5.74) is 10.9. The number of methoxy groups -OCH3 is 2. The topological polar surface area (TPSA) is 94.0 Å². The number of pyridine rings is 2. The molecule has 0 fully saturated rings. The molecule has 2 N–H and O–H groups in total. The Kier molecular flexibility index (Phi) is 7.15. The van der Waals surface area contributed by atoms with E-state index in [1.807, 2.05) is 39.8 Å². The van der Waals surface area contributed by atoms with E-state index in [0.29, 0.717) is 23.9 Å². The smallest absolute Gasteiger partial charge is 0.231 e. The molecule has 2 aromatic heterocycles. The number of nitrogens with two attached hydrogens (primary N) is 1. The highest BCUT2D eigenvalue weighted by molar-refractivity contribution is 5.45. The number of rotatable bonds is 3. The second-order valence-corrected chi connectivity index (χ2v) is 5.35. The summed E-state index contributed by atoms with van der Waals surface area (Å²) in [7, 11) is 3.13. The first-order valence-electron chi connectivity index (χ1n) is 7.51. The van der Waals surface area contributed by atoms with Crippen molar-refractivity contribution in [2.45, 2.75) is 34.2 Å². The standard InChI is InChI=1S/C9H14N2O.C9H10N2O/c2*1-6-4-7(2)11-9(12-3)8(6)5-10/h4H,5,10H2,1-3H3;4H,1-3H3. The molecule has 0 spiro atoms. The third-order valence-electron chi connectivity index (χ3n) is 3.45. The highest BCUT2D eigenvalue weighted by Gasteiger charge is 2.07. The molecule has 24 heavy (non-hydrogen) atoms. The van der Waals surface area contributed by atoms with Gasteiger partial charge < -0.3 is 15.2 Å². The van der Waals surface area contributed by atoms with Crippen molar-refractivity contribution in [1.82, 2.24) is 9.97 Å². The van der Waals surface area contributed by atoms with Gasteiger partial charge in [0, 0.05) is 23.5 Å². The molecule has 0 bridgehead atoms. The number of ether oxygens (including phenoxy) is 2. The molecule has 0 saturated heterocycles. The van der Waals surface area contributed by atoms with Crippen LogP contribution in [0, 0.1) is 39.0 Å². The fourth-order valence-electron chi connectivity index (χ4n) is 2.33. The summed E-state index contributed by atoms with van der Waals surface area (Å²) in [5.74, 6) is 1.06. The minimum absolute atomic E-state index is 0.412. The van der Waals surface area contributed by atoms with Crippen molar-refractivity contribution in [1.29, 1.82) is 5.26 Å². The van der Waals surface area contributed by atoms with Gasteiger partial charge in [-0.25, -0.2) is 9.97 Å². The maximum absolute atomic E-state index is 8.75. The zero-order valence-electron chi connectivity index (χ0n) is 15.1. The van der Waals surface area contributed by atoms with Crippen molar-refractivity contribution in [3.05, 3.63) is 45.8 Å². The lowest BCUT2D eigenvalue weighted by Crippen LogP contribution is -2.05. The zero-order valence-corrected chi connectivity index (χ0v) is 15.1. The van der Waals surface area contributed by atoms with E-state index in [0.717, 1.165) is 28.1 Å². The Morgan fingerprint density at radius 2 is 1.46 bits per heavy atom. The molecule has 0 aliphatic heterocycles. The lowest BCUT2D eigenvalue weighted by Gasteiger charge is -2.09. The highest BCUT2D eigenvalue weighted by Crippen LogP contribution is 2.19. The Labute approximate surface area is 143 Å². The molecule has 0 saturated carbocycles. The number of hydrogen-bond donors (Lipinski definition) is 1. The summed E-state index contributed by atoms with van der Waals surface area (Å²) in [6.45, 7) is 8.17. The van der Waals surface area contributed by atoms with Gasteiger partial charge in [-0.05, 0) is 51.0 Å². The molecule has 2 aromatic rings. The Bertz CT molecular complexity index is 752. The SMILES string of the molecule is COc1nc(C)cc(C)c1C#N.COc1nc(C)cc(C)c1CN. The van der Waals surface area contributed by atoms with Crippen molar-refractivity contribution in [3.8, 4) is 17.8 Å².